The molecule has 1 N–H and O–H groups in total. The van der Waals surface area contributed by atoms with E-state index in [1.54, 1.807) is 0 Å². The second-order valence-corrected chi connectivity index (χ2v) is 11.0. The lowest BCUT2D eigenvalue weighted by atomic mass is 9.98. The van der Waals surface area contributed by atoms with Gasteiger partial charge in [0.1, 0.15) is 0 Å². The number of benzene rings is 2. The molecule has 2 aromatic carbocycles. The van der Waals surface area contributed by atoms with Gasteiger partial charge >= 0.3 is 0 Å². The number of hydrogen-bond donors (Lipinski definition) is 1. The first-order chi connectivity index (χ1) is 13.8. The molecule has 0 bridgehead atoms. The maximum Gasteiger partial charge on any atom is 0.264 e. The third-order valence-corrected chi connectivity index (χ3v) is 8.38. The Morgan fingerprint density at radius 1 is 0.931 bits per heavy atom. The maximum atomic E-state index is 14.2. The van der Waals surface area contributed by atoms with E-state index >= 15 is 0 Å². The predicted molar refractivity (Wildman–Crippen MR) is 121 cm³/mol. The molecule has 0 heterocycles. The lowest BCUT2D eigenvalue weighted by Gasteiger charge is -2.31. The summed E-state index contributed by atoms with van der Waals surface area (Å²) < 4.78 is 20.4. The van der Waals surface area contributed by atoms with Crippen molar-refractivity contribution in [1.29, 1.82) is 0 Å². The first kappa shape index (κ1) is 22.1. The van der Waals surface area contributed by atoms with Crippen molar-refractivity contribution in [3.8, 4) is 0 Å². The largest absolute Gasteiger partial charge is 0.378 e. The molecule has 1 fully saturated rings. The number of aliphatic hydroxyl groups is 1. The molecule has 0 spiro atoms. The third kappa shape index (κ3) is 5.12. The van der Waals surface area contributed by atoms with Crippen LogP contribution < -0.4 is 10.2 Å². The number of nitrogens with zero attached hydrogens (tertiary/aromatic N) is 1. The van der Waals surface area contributed by atoms with E-state index in [-0.39, 0.29) is 6.10 Å². The van der Waals surface area contributed by atoms with E-state index in [1.165, 1.54) is 12.0 Å². The molecule has 3 rings (SSSR count). The molecule has 0 radical (unpaired) electrons. The molecular weight excluding hydrogens is 381 g/mol. The topological polar surface area (TPSA) is 49.8 Å². The van der Waals surface area contributed by atoms with Crippen molar-refractivity contribution in [3.63, 3.8) is 0 Å². The molecule has 2 aromatic rings. The van der Waals surface area contributed by atoms with Crippen LogP contribution in [0.3, 0.4) is 0 Å². The molecular formula is C24H34NO3P. The number of anilines is 1. The van der Waals surface area contributed by atoms with Crippen LogP contribution >= 0.6 is 7.37 Å². The van der Waals surface area contributed by atoms with Crippen molar-refractivity contribution >= 4 is 18.4 Å². The van der Waals surface area contributed by atoms with Crippen molar-refractivity contribution in [2.45, 2.75) is 63.8 Å². The van der Waals surface area contributed by atoms with Crippen LogP contribution in [-0.4, -0.2) is 25.3 Å². The van der Waals surface area contributed by atoms with Crippen molar-refractivity contribution in [3.05, 3.63) is 59.7 Å². The Morgan fingerprint density at radius 3 is 2.00 bits per heavy atom. The van der Waals surface area contributed by atoms with Crippen LogP contribution in [-0.2, 0) is 9.09 Å². The highest BCUT2D eigenvalue weighted by atomic mass is 31.2. The van der Waals surface area contributed by atoms with Gasteiger partial charge in [-0.2, -0.15) is 0 Å². The van der Waals surface area contributed by atoms with E-state index in [9.17, 15) is 9.67 Å². The molecule has 2 unspecified atom stereocenters. The predicted octanol–water partition coefficient (Wildman–Crippen LogP) is 5.82. The van der Waals surface area contributed by atoms with Crippen molar-refractivity contribution < 1.29 is 14.2 Å². The van der Waals surface area contributed by atoms with Crippen LogP contribution in [0.25, 0.3) is 0 Å². The first-order valence-corrected chi connectivity index (χ1v) is 12.3. The lowest BCUT2D eigenvalue weighted by molar-refractivity contribution is 0.137. The SMILES string of the molecule is CC(C)c1ccc(C(O)P(=O)(OC2CCCCC2)c2ccc(N(C)C)cc2)cc1. The zero-order chi connectivity index (χ0) is 21.0. The van der Waals surface area contributed by atoms with Gasteiger partial charge in [-0.15, -0.1) is 0 Å². The molecule has 1 saturated carbocycles. The molecule has 0 amide bonds. The van der Waals surface area contributed by atoms with Gasteiger partial charge < -0.3 is 14.5 Å². The number of hydrogen-bond acceptors (Lipinski definition) is 4. The summed E-state index contributed by atoms with van der Waals surface area (Å²) in [7, 11) is 0.436. The Labute approximate surface area is 175 Å². The Morgan fingerprint density at radius 2 is 1.48 bits per heavy atom. The lowest BCUT2D eigenvalue weighted by Crippen LogP contribution is -2.22. The van der Waals surface area contributed by atoms with Gasteiger partial charge in [-0.3, -0.25) is 4.57 Å². The van der Waals surface area contributed by atoms with Crippen molar-refractivity contribution in [2.24, 2.45) is 0 Å². The minimum absolute atomic E-state index is 0.0623. The molecule has 29 heavy (non-hydrogen) atoms. The molecule has 0 aromatic heterocycles. The highest BCUT2D eigenvalue weighted by Gasteiger charge is 2.39. The quantitative estimate of drug-likeness (QED) is 0.579. The molecule has 0 saturated heterocycles. The summed E-state index contributed by atoms with van der Waals surface area (Å²) in [6.07, 6.45) is 5.11. The van der Waals surface area contributed by atoms with Gasteiger partial charge in [0.25, 0.3) is 7.37 Å². The molecule has 5 heteroatoms. The maximum absolute atomic E-state index is 14.2. The van der Waals surface area contributed by atoms with Crippen LogP contribution in [0, 0.1) is 0 Å². The van der Waals surface area contributed by atoms with E-state index < -0.39 is 13.2 Å². The van der Waals surface area contributed by atoms with E-state index in [4.69, 9.17) is 4.52 Å². The highest BCUT2D eigenvalue weighted by molar-refractivity contribution is 7.67. The van der Waals surface area contributed by atoms with Crippen molar-refractivity contribution in [1.82, 2.24) is 0 Å². The second-order valence-electron chi connectivity index (χ2n) is 8.57. The highest BCUT2D eigenvalue weighted by Crippen LogP contribution is 2.59. The summed E-state index contributed by atoms with van der Waals surface area (Å²) >= 11 is 0. The fraction of sp³-hybridized carbons (Fsp3) is 0.500. The van der Waals surface area contributed by atoms with Crippen LogP contribution in [0.1, 0.15) is 68.8 Å². The van der Waals surface area contributed by atoms with Crippen LogP contribution in [0.2, 0.25) is 0 Å². The van der Waals surface area contributed by atoms with Gasteiger partial charge in [-0.05, 0) is 54.2 Å². The Balaban J connectivity index is 1.95. The summed E-state index contributed by atoms with van der Waals surface area (Å²) in [5, 5.41) is 11.8. The Hall–Kier alpha value is -1.61. The molecule has 4 nitrogen and oxygen atoms in total. The fourth-order valence-corrected chi connectivity index (χ4v) is 6.16. The summed E-state index contributed by atoms with van der Waals surface area (Å²) in [5.41, 5.74) is 2.86. The Kier molecular flexibility index (Phi) is 7.21. The van der Waals surface area contributed by atoms with Gasteiger partial charge in [0.15, 0.2) is 5.85 Å². The normalized spacial score (nSPS) is 18.4. The molecule has 2 atom stereocenters. The van der Waals surface area contributed by atoms with E-state index in [0.717, 1.165) is 31.4 Å². The molecule has 0 aliphatic heterocycles. The van der Waals surface area contributed by atoms with Gasteiger partial charge in [0, 0.05) is 25.1 Å². The monoisotopic (exact) mass is 415 g/mol. The second kappa shape index (κ2) is 9.47. The van der Waals surface area contributed by atoms with Crippen LogP contribution in [0.5, 0.6) is 0 Å². The van der Waals surface area contributed by atoms with Crippen molar-refractivity contribution in [2.75, 3.05) is 19.0 Å². The summed E-state index contributed by atoms with van der Waals surface area (Å²) in [6, 6.07) is 15.3. The fourth-order valence-electron chi connectivity index (χ4n) is 3.86. The Bertz CT molecular complexity index is 824. The molecule has 1 aliphatic rings. The van der Waals surface area contributed by atoms with E-state index in [1.807, 2.05) is 67.5 Å². The van der Waals surface area contributed by atoms with Gasteiger partial charge in [0.05, 0.1) is 6.10 Å². The average molecular weight is 416 g/mol. The summed E-state index contributed by atoms with van der Waals surface area (Å²) in [6.45, 7) is 4.27. The summed E-state index contributed by atoms with van der Waals surface area (Å²) in [5.74, 6) is -0.763. The zero-order valence-corrected chi connectivity index (χ0v) is 18.9. The third-order valence-electron chi connectivity index (χ3n) is 5.81. The smallest absolute Gasteiger partial charge is 0.264 e. The minimum atomic E-state index is -3.51. The van der Waals surface area contributed by atoms with Crippen LogP contribution in [0.4, 0.5) is 5.69 Å². The summed E-state index contributed by atoms with van der Waals surface area (Å²) in [4.78, 5) is 2.00. The van der Waals surface area contributed by atoms with Crippen LogP contribution in [0.15, 0.2) is 48.5 Å². The van der Waals surface area contributed by atoms with E-state index in [0.29, 0.717) is 16.8 Å². The number of aliphatic hydroxyl groups excluding tert-OH is 1. The van der Waals surface area contributed by atoms with E-state index in [2.05, 4.69) is 13.8 Å². The zero-order valence-electron chi connectivity index (χ0n) is 18.0. The minimum Gasteiger partial charge on any atom is -0.378 e. The van der Waals surface area contributed by atoms with Gasteiger partial charge in [-0.25, -0.2) is 0 Å². The average Bonchev–Trinajstić information content (AvgIpc) is 2.74. The van der Waals surface area contributed by atoms with Gasteiger partial charge in [0.2, 0.25) is 0 Å². The first-order valence-electron chi connectivity index (χ1n) is 10.7. The molecule has 1 aliphatic carbocycles. The van der Waals surface area contributed by atoms with Gasteiger partial charge in [-0.1, -0.05) is 57.4 Å². The molecule has 158 valence electrons. The number of rotatable bonds is 7. The standard InChI is InChI=1S/C24H34NO3P/c1-18(2)19-10-12-20(13-11-19)24(26)29(27,28-22-8-6-5-7-9-22)23-16-14-21(15-17-23)25(3)4/h10-18,22,24,26H,5-9H2,1-4H3.